The topological polar surface area (TPSA) is 83.4 Å². The summed E-state index contributed by atoms with van der Waals surface area (Å²) < 4.78 is 5.31. The Balaban J connectivity index is 1.14. The molecule has 0 radical (unpaired) electrons. The van der Waals surface area contributed by atoms with Crippen molar-refractivity contribution >= 4 is 23.2 Å². The predicted molar refractivity (Wildman–Crippen MR) is 151 cm³/mol. The normalized spacial score (nSPS) is 24.4. The van der Waals surface area contributed by atoms with Gasteiger partial charge in [0.2, 0.25) is 0 Å². The molecule has 0 saturated heterocycles. The van der Waals surface area contributed by atoms with Crippen LogP contribution in [0, 0.1) is 17.8 Å². The van der Waals surface area contributed by atoms with E-state index in [0.29, 0.717) is 46.4 Å². The van der Waals surface area contributed by atoms with E-state index in [4.69, 9.17) is 4.42 Å². The van der Waals surface area contributed by atoms with Gasteiger partial charge in [0.15, 0.2) is 0 Å². The zero-order valence-corrected chi connectivity index (χ0v) is 21.6. The SMILES string of the molecule is O=C(Nc1ccccc1C(=O)NCc1ccco1)c1ccc2c(c1)[C@@H]1[C@H]3CC[C@@H](C3)[C@H]1[C@H](c1ccccc1)N2. The molecule has 2 amide bonds. The Bertz CT molecular complexity index is 1510. The van der Waals surface area contributed by atoms with E-state index >= 15 is 0 Å². The van der Waals surface area contributed by atoms with Crippen LogP contribution in [0.25, 0.3) is 0 Å². The van der Waals surface area contributed by atoms with Crippen molar-refractivity contribution in [3.8, 4) is 0 Å². The van der Waals surface area contributed by atoms with Gasteiger partial charge in [0.25, 0.3) is 11.8 Å². The van der Waals surface area contributed by atoms with E-state index in [1.807, 2.05) is 18.2 Å². The molecule has 1 aromatic heterocycles. The fraction of sp³-hybridized carbons (Fsp3) is 0.273. The van der Waals surface area contributed by atoms with Gasteiger partial charge in [-0.1, -0.05) is 42.5 Å². The van der Waals surface area contributed by atoms with Gasteiger partial charge in [0, 0.05) is 11.3 Å². The second-order valence-corrected chi connectivity index (χ2v) is 11.0. The highest BCUT2D eigenvalue weighted by molar-refractivity contribution is 6.09. The lowest BCUT2D eigenvalue weighted by Gasteiger charge is -2.43. The van der Waals surface area contributed by atoms with E-state index in [1.165, 1.54) is 30.4 Å². The van der Waals surface area contributed by atoms with Crippen LogP contribution < -0.4 is 16.0 Å². The highest BCUT2D eigenvalue weighted by atomic mass is 16.3. The lowest BCUT2D eigenvalue weighted by atomic mass is 9.68. The fourth-order valence-corrected chi connectivity index (χ4v) is 7.28. The second-order valence-electron chi connectivity index (χ2n) is 11.0. The molecule has 4 aromatic rings. The van der Waals surface area contributed by atoms with Crippen molar-refractivity contribution in [2.75, 3.05) is 10.6 Å². The minimum atomic E-state index is -0.270. The van der Waals surface area contributed by atoms with Gasteiger partial charge in [-0.05, 0) is 96.5 Å². The molecule has 2 saturated carbocycles. The molecular weight excluding hydrogens is 486 g/mol. The Morgan fingerprint density at radius 1 is 0.872 bits per heavy atom. The van der Waals surface area contributed by atoms with Gasteiger partial charge in [-0.2, -0.15) is 0 Å². The summed E-state index contributed by atoms with van der Waals surface area (Å²) in [6.07, 6.45) is 5.41. The fourth-order valence-electron chi connectivity index (χ4n) is 7.28. The summed E-state index contributed by atoms with van der Waals surface area (Å²) in [5.74, 6) is 2.57. The molecular formula is C33H31N3O3. The van der Waals surface area contributed by atoms with Crippen LogP contribution in [0.2, 0.25) is 0 Å². The number of rotatable bonds is 6. The van der Waals surface area contributed by atoms with Gasteiger partial charge in [-0.3, -0.25) is 9.59 Å². The molecule has 6 heteroatoms. The molecule has 0 spiro atoms. The minimum absolute atomic E-state index is 0.214. The van der Waals surface area contributed by atoms with Crippen molar-refractivity contribution in [3.05, 3.63) is 119 Å². The van der Waals surface area contributed by atoms with Crippen molar-refractivity contribution in [2.24, 2.45) is 17.8 Å². The molecule has 2 bridgehead atoms. The average molecular weight is 518 g/mol. The molecule has 2 fully saturated rings. The maximum absolute atomic E-state index is 13.5. The van der Waals surface area contributed by atoms with Crippen LogP contribution in [0.4, 0.5) is 11.4 Å². The molecule has 6 nitrogen and oxygen atoms in total. The van der Waals surface area contributed by atoms with E-state index in [2.05, 4.69) is 58.4 Å². The van der Waals surface area contributed by atoms with Crippen molar-refractivity contribution < 1.29 is 14.0 Å². The summed E-state index contributed by atoms with van der Waals surface area (Å²) in [4.78, 5) is 26.4. The second kappa shape index (κ2) is 9.77. The molecule has 5 atom stereocenters. The predicted octanol–water partition coefficient (Wildman–Crippen LogP) is 6.76. The molecule has 3 aliphatic rings. The summed E-state index contributed by atoms with van der Waals surface area (Å²) in [7, 11) is 0. The van der Waals surface area contributed by atoms with Crippen LogP contribution in [0.3, 0.4) is 0 Å². The molecule has 2 heterocycles. The Morgan fingerprint density at radius 3 is 2.54 bits per heavy atom. The Labute approximate surface area is 227 Å². The van der Waals surface area contributed by atoms with E-state index < -0.39 is 0 Å². The highest BCUT2D eigenvalue weighted by Crippen LogP contribution is 2.63. The molecule has 3 aromatic carbocycles. The maximum Gasteiger partial charge on any atom is 0.255 e. The zero-order valence-electron chi connectivity index (χ0n) is 21.6. The molecule has 3 N–H and O–H groups in total. The van der Waals surface area contributed by atoms with E-state index in [9.17, 15) is 9.59 Å². The minimum Gasteiger partial charge on any atom is -0.467 e. The Morgan fingerprint density at radius 2 is 1.69 bits per heavy atom. The average Bonchev–Trinajstić information content (AvgIpc) is 3.75. The van der Waals surface area contributed by atoms with Gasteiger partial charge >= 0.3 is 0 Å². The number of anilines is 2. The summed E-state index contributed by atoms with van der Waals surface area (Å²) >= 11 is 0. The largest absolute Gasteiger partial charge is 0.467 e. The van der Waals surface area contributed by atoms with Crippen LogP contribution in [-0.4, -0.2) is 11.8 Å². The molecule has 39 heavy (non-hydrogen) atoms. The third-order valence-corrected chi connectivity index (χ3v) is 8.93. The number of benzene rings is 3. The Hall–Kier alpha value is -4.32. The van der Waals surface area contributed by atoms with Gasteiger partial charge in [0.1, 0.15) is 5.76 Å². The van der Waals surface area contributed by atoms with Gasteiger partial charge in [-0.25, -0.2) is 0 Å². The van der Waals surface area contributed by atoms with Gasteiger partial charge in [-0.15, -0.1) is 0 Å². The van der Waals surface area contributed by atoms with Crippen LogP contribution in [0.5, 0.6) is 0 Å². The lowest BCUT2D eigenvalue weighted by molar-refractivity contribution is 0.0949. The van der Waals surface area contributed by atoms with Crippen LogP contribution >= 0.6 is 0 Å². The standard InChI is InChI=1S/C33H31N3O3/c37-32(36-27-11-5-4-10-25(27)33(38)34-19-24-9-6-16-39-24)23-14-15-28-26(18-23)29-21-12-13-22(17-21)30(29)31(35-28)20-7-2-1-3-8-20/h1-11,14-16,18,21-22,29-31,35H,12-13,17,19H2,(H,34,38)(H,36,37)/t21-,22-,29-,30+,31-/m0/s1. The van der Waals surface area contributed by atoms with Crippen LogP contribution in [-0.2, 0) is 6.54 Å². The number of carbonyl (C=O) groups is 2. The zero-order chi connectivity index (χ0) is 26.3. The number of fused-ring (bicyclic) bond motifs is 7. The first-order chi connectivity index (χ1) is 19.2. The van der Waals surface area contributed by atoms with Crippen LogP contribution in [0.1, 0.15) is 68.8 Å². The number of para-hydroxylation sites is 1. The number of nitrogens with one attached hydrogen (secondary N) is 3. The molecule has 196 valence electrons. The molecule has 0 unspecified atom stereocenters. The van der Waals surface area contributed by atoms with Crippen molar-refractivity contribution in [2.45, 2.75) is 37.8 Å². The number of hydrogen-bond acceptors (Lipinski definition) is 4. The monoisotopic (exact) mass is 517 g/mol. The molecule has 7 rings (SSSR count). The molecule has 1 aliphatic heterocycles. The third-order valence-electron chi connectivity index (χ3n) is 8.93. The van der Waals surface area contributed by atoms with E-state index in [-0.39, 0.29) is 18.4 Å². The van der Waals surface area contributed by atoms with Crippen molar-refractivity contribution in [1.82, 2.24) is 5.32 Å². The third kappa shape index (κ3) is 4.30. The molecule has 2 aliphatic carbocycles. The highest BCUT2D eigenvalue weighted by Gasteiger charge is 2.53. The van der Waals surface area contributed by atoms with Crippen molar-refractivity contribution in [1.29, 1.82) is 0 Å². The lowest BCUT2D eigenvalue weighted by Crippen LogP contribution is -2.35. The number of hydrogen-bond donors (Lipinski definition) is 3. The summed E-state index contributed by atoms with van der Waals surface area (Å²) in [5, 5.41) is 9.70. The van der Waals surface area contributed by atoms with Crippen LogP contribution in [0.15, 0.2) is 95.6 Å². The number of carbonyl (C=O) groups excluding carboxylic acids is 2. The maximum atomic E-state index is 13.5. The summed E-state index contributed by atoms with van der Waals surface area (Å²) in [6, 6.07) is 27.8. The van der Waals surface area contributed by atoms with E-state index in [1.54, 1.807) is 30.5 Å². The first-order valence-corrected chi connectivity index (χ1v) is 13.8. The van der Waals surface area contributed by atoms with E-state index in [0.717, 1.165) is 11.6 Å². The first kappa shape index (κ1) is 23.8. The van der Waals surface area contributed by atoms with Gasteiger partial charge < -0.3 is 20.4 Å². The summed E-state index contributed by atoms with van der Waals surface area (Å²) in [5.41, 5.74) is 5.24. The number of amides is 2. The Kier molecular flexibility index (Phi) is 5.95. The summed E-state index contributed by atoms with van der Waals surface area (Å²) in [6.45, 7) is 0.278. The number of furan rings is 1. The smallest absolute Gasteiger partial charge is 0.255 e. The first-order valence-electron chi connectivity index (χ1n) is 13.8. The quantitative estimate of drug-likeness (QED) is 0.264. The van der Waals surface area contributed by atoms with Crippen molar-refractivity contribution in [3.63, 3.8) is 0 Å². The van der Waals surface area contributed by atoms with Gasteiger partial charge in [0.05, 0.1) is 30.1 Å².